The Morgan fingerprint density at radius 3 is 1.90 bits per heavy atom. The third-order valence-corrected chi connectivity index (χ3v) is 6.14. The van der Waals surface area contributed by atoms with E-state index in [9.17, 15) is 14.4 Å². The Balaban J connectivity index is 1.79. The van der Waals surface area contributed by atoms with Crippen molar-refractivity contribution in [2.24, 2.45) is 5.92 Å². The maximum Gasteiger partial charge on any atom is 0.333 e. The Bertz CT molecular complexity index is 1310. The van der Waals surface area contributed by atoms with Crippen molar-refractivity contribution in [3.63, 3.8) is 0 Å². The average molecular weight is 571 g/mol. The van der Waals surface area contributed by atoms with Gasteiger partial charge in [-0.25, -0.2) is 9.78 Å². The molecule has 0 fully saturated rings. The van der Waals surface area contributed by atoms with Crippen LogP contribution >= 0.6 is 23.2 Å². The van der Waals surface area contributed by atoms with Crippen LogP contribution in [0.5, 0.6) is 11.5 Å². The molecule has 0 aliphatic carbocycles. The highest BCUT2D eigenvalue weighted by molar-refractivity contribution is 6.30. The molecule has 1 amide bonds. The molecular formula is C29H28Cl2N2O6. The fraction of sp³-hybridized carbons (Fsp3) is 0.241. The summed E-state index contributed by atoms with van der Waals surface area (Å²) in [5, 5.41) is 3.64. The molecule has 0 saturated heterocycles. The summed E-state index contributed by atoms with van der Waals surface area (Å²) < 4.78 is 16.2. The fourth-order valence-corrected chi connectivity index (χ4v) is 3.80. The van der Waals surface area contributed by atoms with Crippen LogP contribution in [0.1, 0.15) is 48.3 Å². The van der Waals surface area contributed by atoms with Crippen LogP contribution in [0, 0.1) is 5.92 Å². The van der Waals surface area contributed by atoms with E-state index in [1.54, 1.807) is 62.4 Å². The summed E-state index contributed by atoms with van der Waals surface area (Å²) in [6, 6.07) is 14.5. The smallest absolute Gasteiger partial charge is 0.333 e. The fourth-order valence-electron chi connectivity index (χ4n) is 3.55. The maximum atomic E-state index is 13.1. The molecule has 0 saturated carbocycles. The first-order valence-electron chi connectivity index (χ1n) is 12.0. The topological polar surface area (TPSA) is 104 Å². The van der Waals surface area contributed by atoms with Gasteiger partial charge in [0.1, 0.15) is 11.8 Å². The lowest BCUT2D eigenvalue weighted by Crippen LogP contribution is -2.40. The first kappa shape index (κ1) is 29.7. The van der Waals surface area contributed by atoms with Crippen molar-refractivity contribution >= 4 is 41.0 Å². The number of hydrogen-bond donors (Lipinski definition) is 1. The van der Waals surface area contributed by atoms with Gasteiger partial charge in [-0.3, -0.25) is 9.59 Å². The standard InChI is InChI=1S/C29H28Cl2N2O6/c1-16(2)28(35)39-26-23(37-5)14-15-32-25(26)27(34)33-17(3)29(36)38-18(4)24(19-6-10-21(30)11-7-19)20-8-12-22(31)13-9-20/h6-17,24H,4H2,1-3,5H3,(H,33,34)/t17-/m0/s1. The highest BCUT2D eigenvalue weighted by Crippen LogP contribution is 2.34. The third-order valence-electron chi connectivity index (χ3n) is 5.64. The largest absolute Gasteiger partial charge is 0.493 e. The van der Waals surface area contributed by atoms with Gasteiger partial charge in [0.2, 0.25) is 5.75 Å². The predicted octanol–water partition coefficient (Wildman–Crippen LogP) is 5.97. The highest BCUT2D eigenvalue weighted by atomic mass is 35.5. The number of amides is 1. The normalized spacial score (nSPS) is 11.6. The molecule has 10 heteroatoms. The number of benzene rings is 2. The van der Waals surface area contributed by atoms with Crippen molar-refractivity contribution < 1.29 is 28.6 Å². The van der Waals surface area contributed by atoms with Crippen molar-refractivity contribution in [3.05, 3.63) is 100.0 Å². The van der Waals surface area contributed by atoms with E-state index in [1.807, 2.05) is 0 Å². The number of carbonyl (C=O) groups excluding carboxylic acids is 3. The molecular weight excluding hydrogens is 543 g/mol. The van der Waals surface area contributed by atoms with Gasteiger partial charge in [0.05, 0.1) is 18.9 Å². The number of nitrogens with zero attached hydrogens (tertiary/aromatic N) is 1. The summed E-state index contributed by atoms with van der Waals surface area (Å²) in [5.74, 6) is -2.94. The second-order valence-electron chi connectivity index (χ2n) is 8.89. The lowest BCUT2D eigenvalue weighted by molar-refractivity contribution is -0.141. The van der Waals surface area contributed by atoms with Crippen LogP contribution in [0.3, 0.4) is 0 Å². The first-order chi connectivity index (χ1) is 18.5. The van der Waals surface area contributed by atoms with E-state index in [2.05, 4.69) is 16.9 Å². The van der Waals surface area contributed by atoms with Crippen LogP contribution in [-0.4, -0.2) is 36.0 Å². The van der Waals surface area contributed by atoms with E-state index in [1.165, 1.54) is 26.3 Å². The summed E-state index contributed by atoms with van der Waals surface area (Å²) in [5.41, 5.74) is 1.35. The number of esters is 2. The Morgan fingerprint density at radius 2 is 1.41 bits per heavy atom. The maximum absolute atomic E-state index is 13.1. The van der Waals surface area contributed by atoms with Gasteiger partial charge in [-0.1, -0.05) is 67.9 Å². The lowest BCUT2D eigenvalue weighted by atomic mass is 9.90. The number of allylic oxidation sites excluding steroid dienone is 1. The Hall–Kier alpha value is -3.88. The summed E-state index contributed by atoms with van der Waals surface area (Å²) in [4.78, 5) is 42.3. The Kier molecular flexibility index (Phi) is 10.1. The molecule has 1 aromatic heterocycles. The molecule has 1 heterocycles. The number of halogens is 2. The van der Waals surface area contributed by atoms with Crippen LogP contribution in [0.25, 0.3) is 0 Å². The number of pyridine rings is 1. The molecule has 1 atom stereocenters. The number of hydrogen-bond acceptors (Lipinski definition) is 7. The zero-order chi connectivity index (χ0) is 28.7. The quantitative estimate of drug-likeness (QED) is 0.236. The molecule has 0 aliphatic rings. The van der Waals surface area contributed by atoms with E-state index in [0.717, 1.165) is 11.1 Å². The van der Waals surface area contributed by atoms with Crippen LogP contribution < -0.4 is 14.8 Å². The zero-order valence-electron chi connectivity index (χ0n) is 21.9. The molecule has 39 heavy (non-hydrogen) atoms. The monoisotopic (exact) mass is 570 g/mol. The summed E-state index contributed by atoms with van der Waals surface area (Å²) in [6.07, 6.45) is 1.33. The van der Waals surface area contributed by atoms with Gasteiger partial charge in [-0.05, 0) is 42.3 Å². The summed E-state index contributed by atoms with van der Waals surface area (Å²) in [6.45, 7) is 8.74. The van der Waals surface area contributed by atoms with Crippen molar-refractivity contribution in [2.75, 3.05) is 7.11 Å². The molecule has 3 aromatic rings. The second kappa shape index (κ2) is 13.3. The molecule has 204 valence electrons. The van der Waals surface area contributed by atoms with Gasteiger partial charge in [-0.2, -0.15) is 0 Å². The number of carbonyl (C=O) groups is 3. The molecule has 8 nitrogen and oxygen atoms in total. The minimum Gasteiger partial charge on any atom is -0.493 e. The van der Waals surface area contributed by atoms with E-state index in [-0.39, 0.29) is 23.0 Å². The van der Waals surface area contributed by atoms with Crippen LogP contribution in [0.2, 0.25) is 10.0 Å². The zero-order valence-corrected chi connectivity index (χ0v) is 23.4. The number of aromatic nitrogens is 1. The van der Waals surface area contributed by atoms with Crippen molar-refractivity contribution in [3.8, 4) is 11.5 Å². The first-order valence-corrected chi connectivity index (χ1v) is 12.7. The average Bonchev–Trinajstić information content (AvgIpc) is 2.90. The molecule has 0 radical (unpaired) electrons. The van der Waals surface area contributed by atoms with E-state index in [0.29, 0.717) is 10.0 Å². The number of ether oxygens (including phenoxy) is 3. The number of nitrogens with one attached hydrogen (secondary N) is 1. The van der Waals surface area contributed by atoms with E-state index >= 15 is 0 Å². The van der Waals surface area contributed by atoms with Crippen molar-refractivity contribution in [2.45, 2.75) is 32.7 Å². The molecule has 3 rings (SSSR count). The Morgan fingerprint density at radius 1 is 0.872 bits per heavy atom. The van der Waals surface area contributed by atoms with Gasteiger partial charge in [0.25, 0.3) is 5.91 Å². The van der Waals surface area contributed by atoms with Gasteiger partial charge in [0, 0.05) is 22.3 Å². The van der Waals surface area contributed by atoms with Crippen molar-refractivity contribution in [1.82, 2.24) is 10.3 Å². The molecule has 0 aliphatic heterocycles. The molecule has 1 N–H and O–H groups in total. The van der Waals surface area contributed by atoms with Crippen molar-refractivity contribution in [1.29, 1.82) is 0 Å². The number of methoxy groups -OCH3 is 1. The molecule has 0 bridgehead atoms. The van der Waals surface area contributed by atoms with E-state index in [4.69, 9.17) is 37.4 Å². The van der Waals surface area contributed by atoms with Gasteiger partial charge < -0.3 is 19.5 Å². The predicted molar refractivity (Wildman–Crippen MR) is 148 cm³/mol. The van der Waals surface area contributed by atoms with E-state index < -0.39 is 35.7 Å². The summed E-state index contributed by atoms with van der Waals surface area (Å²) in [7, 11) is 1.37. The number of rotatable bonds is 10. The minimum absolute atomic E-state index is 0.136. The molecule has 0 unspecified atom stereocenters. The van der Waals surface area contributed by atoms with Gasteiger partial charge in [0.15, 0.2) is 11.4 Å². The molecule has 2 aromatic carbocycles. The van der Waals surface area contributed by atoms with Gasteiger partial charge >= 0.3 is 11.9 Å². The van der Waals surface area contributed by atoms with Gasteiger partial charge in [-0.15, -0.1) is 0 Å². The lowest BCUT2D eigenvalue weighted by Gasteiger charge is -2.22. The summed E-state index contributed by atoms with van der Waals surface area (Å²) >= 11 is 12.1. The van der Waals surface area contributed by atoms with Crippen LogP contribution in [0.15, 0.2) is 73.1 Å². The highest BCUT2D eigenvalue weighted by Gasteiger charge is 2.28. The molecule has 0 spiro atoms. The van der Waals surface area contributed by atoms with Crippen LogP contribution in [0.4, 0.5) is 0 Å². The SMILES string of the molecule is C=C(OC(=O)[C@H](C)NC(=O)c1nccc(OC)c1OC(=O)C(C)C)C(c1ccc(Cl)cc1)c1ccc(Cl)cc1. The minimum atomic E-state index is -1.10. The second-order valence-corrected chi connectivity index (χ2v) is 9.76. The Labute approximate surface area is 236 Å². The third kappa shape index (κ3) is 7.59. The van der Waals surface area contributed by atoms with Crippen LogP contribution in [-0.2, 0) is 14.3 Å².